The fraction of sp³-hybridized carbons (Fsp3) is 0.647. The first-order valence-electron chi connectivity index (χ1n) is 7.66. The minimum atomic E-state index is -0.439. The molecule has 0 fully saturated rings. The summed E-state index contributed by atoms with van der Waals surface area (Å²) in [4.78, 5) is 0. The molecule has 0 bridgehead atoms. The Bertz CT molecular complexity index is 406. The van der Waals surface area contributed by atoms with Gasteiger partial charge in [0.2, 0.25) is 0 Å². The van der Waals surface area contributed by atoms with Gasteiger partial charge in [0, 0.05) is 6.04 Å². The fourth-order valence-corrected chi connectivity index (χ4v) is 2.45. The van der Waals surface area contributed by atoms with E-state index in [0.717, 1.165) is 25.2 Å². The monoisotopic (exact) mass is 279 g/mol. The number of nitrogens with two attached hydrogens (primary N) is 1. The molecule has 0 heterocycles. The lowest BCUT2D eigenvalue weighted by molar-refractivity contribution is 0.126. The number of rotatable bonds is 8. The molecule has 1 rings (SSSR count). The first-order chi connectivity index (χ1) is 9.49. The van der Waals surface area contributed by atoms with Gasteiger partial charge in [-0.05, 0) is 55.4 Å². The van der Waals surface area contributed by atoms with E-state index in [4.69, 9.17) is 10.5 Å². The molecule has 1 aromatic carbocycles. The number of hydrogen-bond acceptors (Lipinski definition) is 3. The molecule has 1 aromatic rings. The van der Waals surface area contributed by atoms with Gasteiger partial charge in [-0.25, -0.2) is 0 Å². The van der Waals surface area contributed by atoms with Crippen LogP contribution in [0, 0.1) is 6.92 Å². The summed E-state index contributed by atoms with van der Waals surface area (Å²) in [5, 5.41) is 10.1. The van der Waals surface area contributed by atoms with Crippen LogP contribution in [0.3, 0.4) is 0 Å². The SMILES string of the molecule is CCCOc1ccc(C(C)CC(O)C(N)CC)c(C)c1. The molecule has 0 aliphatic heterocycles. The van der Waals surface area contributed by atoms with Crippen LogP contribution >= 0.6 is 0 Å². The van der Waals surface area contributed by atoms with Crippen molar-refractivity contribution in [2.24, 2.45) is 5.73 Å². The van der Waals surface area contributed by atoms with Crippen LogP contribution in [0.25, 0.3) is 0 Å². The van der Waals surface area contributed by atoms with Crippen molar-refractivity contribution in [1.29, 1.82) is 0 Å². The molecule has 3 atom stereocenters. The van der Waals surface area contributed by atoms with E-state index in [1.165, 1.54) is 11.1 Å². The van der Waals surface area contributed by atoms with Crippen LogP contribution in [-0.4, -0.2) is 23.9 Å². The second-order valence-corrected chi connectivity index (χ2v) is 5.64. The molecule has 0 aliphatic rings. The van der Waals surface area contributed by atoms with Gasteiger partial charge in [0.1, 0.15) is 5.75 Å². The average molecular weight is 279 g/mol. The van der Waals surface area contributed by atoms with Gasteiger partial charge in [0.25, 0.3) is 0 Å². The zero-order valence-electron chi connectivity index (χ0n) is 13.2. The third-order valence-corrected chi connectivity index (χ3v) is 3.81. The van der Waals surface area contributed by atoms with Crippen LogP contribution in [0.15, 0.2) is 18.2 Å². The van der Waals surface area contributed by atoms with Crippen molar-refractivity contribution in [3.05, 3.63) is 29.3 Å². The lowest BCUT2D eigenvalue weighted by atomic mass is 9.89. The van der Waals surface area contributed by atoms with Crippen molar-refractivity contribution in [2.45, 2.75) is 65.0 Å². The van der Waals surface area contributed by atoms with E-state index >= 15 is 0 Å². The molecule has 0 saturated carbocycles. The molecule has 114 valence electrons. The topological polar surface area (TPSA) is 55.5 Å². The molecule has 3 unspecified atom stereocenters. The molecule has 0 amide bonds. The predicted octanol–water partition coefficient (Wildman–Crippen LogP) is 3.38. The van der Waals surface area contributed by atoms with E-state index in [9.17, 15) is 5.11 Å². The summed E-state index contributed by atoms with van der Waals surface area (Å²) in [5.74, 6) is 1.22. The van der Waals surface area contributed by atoms with Crippen molar-refractivity contribution in [1.82, 2.24) is 0 Å². The molecular weight excluding hydrogens is 250 g/mol. The zero-order chi connectivity index (χ0) is 15.1. The second kappa shape index (κ2) is 8.28. The highest BCUT2D eigenvalue weighted by molar-refractivity contribution is 5.36. The summed E-state index contributed by atoms with van der Waals surface area (Å²) >= 11 is 0. The summed E-state index contributed by atoms with van der Waals surface area (Å²) in [7, 11) is 0. The third-order valence-electron chi connectivity index (χ3n) is 3.81. The average Bonchev–Trinajstić information content (AvgIpc) is 2.43. The van der Waals surface area contributed by atoms with Crippen LogP contribution < -0.4 is 10.5 Å². The van der Waals surface area contributed by atoms with Gasteiger partial charge in [0.05, 0.1) is 12.7 Å². The maximum Gasteiger partial charge on any atom is 0.119 e. The van der Waals surface area contributed by atoms with Crippen molar-refractivity contribution >= 4 is 0 Å². The maximum atomic E-state index is 10.1. The summed E-state index contributed by atoms with van der Waals surface area (Å²) < 4.78 is 5.64. The minimum Gasteiger partial charge on any atom is -0.494 e. The number of hydrogen-bond donors (Lipinski definition) is 2. The Morgan fingerprint density at radius 1 is 1.30 bits per heavy atom. The third kappa shape index (κ3) is 4.80. The maximum absolute atomic E-state index is 10.1. The number of benzene rings is 1. The van der Waals surface area contributed by atoms with Crippen molar-refractivity contribution in [3.8, 4) is 5.75 Å². The standard InChI is InChI=1S/C17H29NO2/c1-5-9-20-14-7-8-15(12(3)10-14)13(4)11-17(19)16(18)6-2/h7-8,10,13,16-17,19H,5-6,9,11,18H2,1-4H3. The predicted molar refractivity (Wildman–Crippen MR) is 84.3 cm³/mol. The summed E-state index contributed by atoms with van der Waals surface area (Å²) in [6.45, 7) is 9.08. The van der Waals surface area contributed by atoms with Gasteiger partial charge < -0.3 is 15.6 Å². The van der Waals surface area contributed by atoms with Crippen molar-refractivity contribution in [2.75, 3.05) is 6.61 Å². The van der Waals surface area contributed by atoms with Gasteiger partial charge in [-0.1, -0.05) is 26.8 Å². The first kappa shape index (κ1) is 17.0. The van der Waals surface area contributed by atoms with E-state index in [0.29, 0.717) is 12.3 Å². The summed E-state index contributed by atoms with van der Waals surface area (Å²) in [6, 6.07) is 6.06. The van der Waals surface area contributed by atoms with E-state index < -0.39 is 6.10 Å². The molecular formula is C17H29NO2. The van der Waals surface area contributed by atoms with Gasteiger partial charge in [0.15, 0.2) is 0 Å². The van der Waals surface area contributed by atoms with E-state index in [1.54, 1.807) is 0 Å². The Kier molecular flexibility index (Phi) is 7.03. The Labute approximate surface area is 123 Å². The van der Waals surface area contributed by atoms with Gasteiger partial charge in [-0.2, -0.15) is 0 Å². The molecule has 3 N–H and O–H groups in total. The van der Waals surface area contributed by atoms with Crippen LogP contribution in [0.1, 0.15) is 57.1 Å². The van der Waals surface area contributed by atoms with E-state index in [2.05, 4.69) is 32.9 Å². The normalized spacial score (nSPS) is 15.7. The Morgan fingerprint density at radius 3 is 2.55 bits per heavy atom. The first-order valence-corrected chi connectivity index (χ1v) is 7.66. The van der Waals surface area contributed by atoms with Crippen molar-refractivity contribution < 1.29 is 9.84 Å². The van der Waals surface area contributed by atoms with Gasteiger partial charge >= 0.3 is 0 Å². The van der Waals surface area contributed by atoms with Crippen LogP contribution in [0.5, 0.6) is 5.75 Å². The smallest absolute Gasteiger partial charge is 0.119 e. The molecule has 0 saturated heterocycles. The lowest BCUT2D eigenvalue weighted by Crippen LogP contribution is -2.34. The number of aliphatic hydroxyl groups excluding tert-OH is 1. The van der Waals surface area contributed by atoms with Crippen molar-refractivity contribution in [3.63, 3.8) is 0 Å². The second-order valence-electron chi connectivity index (χ2n) is 5.64. The molecule has 3 nitrogen and oxygen atoms in total. The highest BCUT2D eigenvalue weighted by Crippen LogP contribution is 2.27. The number of ether oxygens (including phenoxy) is 1. The minimum absolute atomic E-state index is 0.134. The Morgan fingerprint density at radius 2 is 2.00 bits per heavy atom. The number of aryl methyl sites for hydroxylation is 1. The van der Waals surface area contributed by atoms with Crippen LogP contribution in [0.2, 0.25) is 0 Å². The molecule has 0 aliphatic carbocycles. The largest absolute Gasteiger partial charge is 0.494 e. The summed E-state index contributed by atoms with van der Waals surface area (Å²) in [6.07, 6.45) is 2.07. The van der Waals surface area contributed by atoms with E-state index in [-0.39, 0.29) is 6.04 Å². The Balaban J connectivity index is 2.70. The fourth-order valence-electron chi connectivity index (χ4n) is 2.45. The molecule has 20 heavy (non-hydrogen) atoms. The lowest BCUT2D eigenvalue weighted by Gasteiger charge is -2.22. The van der Waals surface area contributed by atoms with Crippen LogP contribution in [0.4, 0.5) is 0 Å². The Hall–Kier alpha value is -1.06. The highest BCUT2D eigenvalue weighted by Gasteiger charge is 2.18. The van der Waals surface area contributed by atoms with E-state index in [1.807, 2.05) is 13.0 Å². The summed E-state index contributed by atoms with van der Waals surface area (Å²) in [5.41, 5.74) is 8.36. The highest BCUT2D eigenvalue weighted by atomic mass is 16.5. The molecule has 0 aromatic heterocycles. The quantitative estimate of drug-likeness (QED) is 0.767. The number of aliphatic hydroxyl groups is 1. The van der Waals surface area contributed by atoms with Gasteiger partial charge in [-0.3, -0.25) is 0 Å². The molecule has 3 heteroatoms. The molecule has 0 radical (unpaired) electrons. The van der Waals surface area contributed by atoms with Gasteiger partial charge in [-0.15, -0.1) is 0 Å². The van der Waals surface area contributed by atoms with Crippen LogP contribution in [-0.2, 0) is 0 Å². The molecule has 0 spiro atoms. The zero-order valence-corrected chi connectivity index (χ0v) is 13.2.